The van der Waals surface area contributed by atoms with E-state index in [1.54, 1.807) is 4.90 Å². The molecule has 0 fully saturated rings. The minimum Gasteiger partial charge on any atom is -0.332 e. The Labute approximate surface area is 125 Å². The van der Waals surface area contributed by atoms with Crippen molar-refractivity contribution in [3.05, 3.63) is 29.9 Å². The quantitative estimate of drug-likeness (QED) is 0.773. The monoisotopic (exact) mass is 290 g/mol. The van der Waals surface area contributed by atoms with Crippen LogP contribution in [-0.2, 0) is 22.7 Å². The van der Waals surface area contributed by atoms with E-state index in [-0.39, 0.29) is 18.4 Å². The Morgan fingerprint density at radius 3 is 2.71 bits per heavy atom. The average Bonchev–Trinajstić information content (AvgIpc) is 2.78. The minimum absolute atomic E-state index is 0.0448. The summed E-state index contributed by atoms with van der Waals surface area (Å²) < 4.78 is 2.16. The van der Waals surface area contributed by atoms with Crippen LogP contribution in [0, 0.1) is 13.8 Å². The first kappa shape index (κ1) is 15.3. The van der Waals surface area contributed by atoms with Gasteiger partial charge in [0.05, 0.1) is 12.2 Å². The van der Waals surface area contributed by atoms with E-state index in [4.69, 9.17) is 0 Å². The molecule has 2 heterocycles. The maximum Gasteiger partial charge on any atom is 0.246 e. The molecule has 6 heteroatoms. The third-order valence-electron chi connectivity index (χ3n) is 4.01. The van der Waals surface area contributed by atoms with Crippen molar-refractivity contribution in [1.82, 2.24) is 19.4 Å². The summed E-state index contributed by atoms with van der Waals surface area (Å²) in [5.74, 6) is 0.662. The summed E-state index contributed by atoms with van der Waals surface area (Å²) in [5, 5.41) is 0. The molecule has 0 saturated carbocycles. The lowest BCUT2D eigenvalue weighted by atomic mass is 10.3. The van der Waals surface area contributed by atoms with Gasteiger partial charge in [0, 0.05) is 25.3 Å². The standard InChI is InChI=1S/C15H22N4O2/c1-5-14(20)17(6-2)10-15(21)18-7-8-19-12(4)11(3)16-13(19)9-18/h5H,1,6-10H2,2-4H3. The van der Waals surface area contributed by atoms with Gasteiger partial charge in [-0.05, 0) is 26.8 Å². The Hall–Kier alpha value is -2.11. The molecule has 2 rings (SSSR count). The summed E-state index contributed by atoms with van der Waals surface area (Å²) in [4.78, 5) is 31.7. The fourth-order valence-corrected chi connectivity index (χ4v) is 2.56. The van der Waals surface area contributed by atoms with Crippen molar-refractivity contribution in [3.8, 4) is 0 Å². The number of hydrogen-bond acceptors (Lipinski definition) is 3. The highest BCUT2D eigenvalue weighted by atomic mass is 16.2. The van der Waals surface area contributed by atoms with Crippen LogP contribution in [0.5, 0.6) is 0 Å². The molecule has 0 spiro atoms. The first-order valence-electron chi connectivity index (χ1n) is 7.19. The van der Waals surface area contributed by atoms with Crippen LogP contribution in [0.25, 0.3) is 0 Å². The number of carbonyl (C=O) groups excluding carboxylic acids is 2. The Morgan fingerprint density at radius 1 is 1.38 bits per heavy atom. The molecule has 2 amide bonds. The molecule has 0 aromatic carbocycles. The smallest absolute Gasteiger partial charge is 0.246 e. The van der Waals surface area contributed by atoms with Crippen LogP contribution in [0.2, 0.25) is 0 Å². The number of likely N-dealkylation sites (N-methyl/N-ethyl adjacent to an activating group) is 1. The van der Waals surface area contributed by atoms with Gasteiger partial charge < -0.3 is 14.4 Å². The molecule has 0 aliphatic carbocycles. The number of imidazole rings is 1. The molecule has 0 N–H and O–H groups in total. The van der Waals surface area contributed by atoms with Crippen LogP contribution >= 0.6 is 0 Å². The predicted octanol–water partition coefficient (Wildman–Crippen LogP) is 0.877. The zero-order chi connectivity index (χ0) is 15.6. The highest BCUT2D eigenvalue weighted by Crippen LogP contribution is 2.17. The fourth-order valence-electron chi connectivity index (χ4n) is 2.56. The van der Waals surface area contributed by atoms with Crippen molar-refractivity contribution in [2.24, 2.45) is 0 Å². The number of rotatable bonds is 4. The second-order valence-electron chi connectivity index (χ2n) is 5.22. The minimum atomic E-state index is -0.212. The van der Waals surface area contributed by atoms with Gasteiger partial charge >= 0.3 is 0 Å². The summed E-state index contributed by atoms with van der Waals surface area (Å²) in [5.41, 5.74) is 2.17. The summed E-state index contributed by atoms with van der Waals surface area (Å²) in [6.45, 7) is 11.9. The largest absolute Gasteiger partial charge is 0.332 e. The molecule has 1 aliphatic rings. The van der Waals surface area contributed by atoms with E-state index in [1.165, 1.54) is 11.0 Å². The summed E-state index contributed by atoms with van der Waals surface area (Å²) in [7, 11) is 0. The van der Waals surface area contributed by atoms with Crippen LogP contribution in [0.15, 0.2) is 12.7 Å². The van der Waals surface area contributed by atoms with Gasteiger partial charge in [-0.3, -0.25) is 9.59 Å². The number of carbonyl (C=O) groups is 2. The number of hydrogen-bond donors (Lipinski definition) is 0. The van der Waals surface area contributed by atoms with Crippen LogP contribution in [0.4, 0.5) is 0 Å². The molecule has 1 aliphatic heterocycles. The third kappa shape index (κ3) is 2.99. The lowest BCUT2D eigenvalue weighted by Gasteiger charge is -2.30. The van der Waals surface area contributed by atoms with Gasteiger partial charge in [0.15, 0.2) is 0 Å². The Bertz CT molecular complexity index is 576. The van der Waals surface area contributed by atoms with Crippen LogP contribution in [-0.4, -0.2) is 50.8 Å². The summed E-state index contributed by atoms with van der Waals surface area (Å²) in [6, 6.07) is 0. The molecule has 0 radical (unpaired) electrons. The molecule has 1 aromatic rings. The number of aromatic nitrogens is 2. The maximum atomic E-state index is 12.4. The van der Waals surface area contributed by atoms with Gasteiger partial charge in [-0.1, -0.05) is 6.58 Å². The number of aryl methyl sites for hydroxylation is 1. The van der Waals surface area contributed by atoms with Crippen molar-refractivity contribution >= 4 is 11.8 Å². The number of amides is 2. The maximum absolute atomic E-state index is 12.4. The SMILES string of the molecule is C=CC(=O)N(CC)CC(=O)N1CCn2c(nc(C)c2C)C1. The van der Waals surface area contributed by atoms with E-state index in [2.05, 4.69) is 16.1 Å². The first-order valence-corrected chi connectivity index (χ1v) is 7.19. The third-order valence-corrected chi connectivity index (χ3v) is 4.01. The van der Waals surface area contributed by atoms with Crippen molar-refractivity contribution in [2.45, 2.75) is 33.9 Å². The topological polar surface area (TPSA) is 58.4 Å². The van der Waals surface area contributed by atoms with Crippen LogP contribution in [0.3, 0.4) is 0 Å². The van der Waals surface area contributed by atoms with Crippen molar-refractivity contribution in [1.29, 1.82) is 0 Å². The molecule has 0 atom stereocenters. The molecule has 0 unspecified atom stereocenters. The van der Waals surface area contributed by atoms with Crippen LogP contribution < -0.4 is 0 Å². The van der Waals surface area contributed by atoms with Gasteiger partial charge in [0.2, 0.25) is 11.8 Å². The highest BCUT2D eigenvalue weighted by molar-refractivity contribution is 5.90. The van der Waals surface area contributed by atoms with E-state index >= 15 is 0 Å². The lowest BCUT2D eigenvalue weighted by Crippen LogP contribution is -2.45. The molecular formula is C15H22N4O2. The zero-order valence-corrected chi connectivity index (χ0v) is 12.9. The molecular weight excluding hydrogens is 268 g/mol. The number of fused-ring (bicyclic) bond motifs is 1. The first-order chi connectivity index (χ1) is 9.97. The summed E-state index contributed by atoms with van der Waals surface area (Å²) >= 11 is 0. The van der Waals surface area contributed by atoms with E-state index in [1.807, 2.05) is 20.8 Å². The van der Waals surface area contributed by atoms with Crippen molar-refractivity contribution in [2.75, 3.05) is 19.6 Å². The Balaban J connectivity index is 2.05. The second kappa shape index (κ2) is 6.11. The second-order valence-corrected chi connectivity index (χ2v) is 5.22. The van der Waals surface area contributed by atoms with Crippen LogP contribution in [0.1, 0.15) is 24.1 Å². The molecule has 1 aromatic heterocycles. The lowest BCUT2D eigenvalue weighted by molar-refractivity contribution is -0.139. The molecule has 0 saturated heterocycles. The normalized spacial score (nSPS) is 13.8. The average molecular weight is 290 g/mol. The van der Waals surface area contributed by atoms with Gasteiger partial charge in [-0.15, -0.1) is 0 Å². The Morgan fingerprint density at radius 2 is 2.10 bits per heavy atom. The van der Waals surface area contributed by atoms with E-state index < -0.39 is 0 Å². The fraction of sp³-hybridized carbons (Fsp3) is 0.533. The van der Waals surface area contributed by atoms with Crippen molar-refractivity contribution < 1.29 is 9.59 Å². The van der Waals surface area contributed by atoms with E-state index in [9.17, 15) is 9.59 Å². The molecule has 6 nitrogen and oxygen atoms in total. The predicted molar refractivity (Wildman–Crippen MR) is 79.6 cm³/mol. The number of nitrogens with zero attached hydrogens (tertiary/aromatic N) is 4. The summed E-state index contributed by atoms with van der Waals surface area (Å²) in [6.07, 6.45) is 1.24. The van der Waals surface area contributed by atoms with Gasteiger partial charge in [0.25, 0.3) is 0 Å². The van der Waals surface area contributed by atoms with Gasteiger partial charge in [-0.2, -0.15) is 0 Å². The Kier molecular flexibility index (Phi) is 4.45. The van der Waals surface area contributed by atoms with E-state index in [0.29, 0.717) is 19.6 Å². The molecule has 114 valence electrons. The zero-order valence-electron chi connectivity index (χ0n) is 12.9. The molecule has 21 heavy (non-hydrogen) atoms. The molecule has 0 bridgehead atoms. The van der Waals surface area contributed by atoms with Gasteiger partial charge in [-0.25, -0.2) is 4.98 Å². The van der Waals surface area contributed by atoms with Gasteiger partial charge in [0.1, 0.15) is 12.4 Å². The van der Waals surface area contributed by atoms with Crippen molar-refractivity contribution in [3.63, 3.8) is 0 Å². The van der Waals surface area contributed by atoms with E-state index in [0.717, 1.165) is 23.8 Å². The highest BCUT2D eigenvalue weighted by Gasteiger charge is 2.25.